The molecule has 2 aliphatic rings. The van der Waals surface area contributed by atoms with E-state index in [1.807, 2.05) is 35.7 Å². The zero-order chi connectivity index (χ0) is 19.7. The van der Waals surface area contributed by atoms with E-state index in [4.69, 9.17) is 0 Å². The highest BCUT2D eigenvalue weighted by Gasteiger charge is 2.56. The van der Waals surface area contributed by atoms with Crippen LogP contribution < -0.4 is 10.6 Å². The van der Waals surface area contributed by atoms with Gasteiger partial charge in [-0.25, -0.2) is 4.79 Å². The number of amides is 4. The summed E-state index contributed by atoms with van der Waals surface area (Å²) in [5, 5.41) is 7.69. The molecule has 7 nitrogen and oxygen atoms in total. The fourth-order valence-corrected chi connectivity index (χ4v) is 4.37. The van der Waals surface area contributed by atoms with Gasteiger partial charge < -0.3 is 10.6 Å². The zero-order valence-electron chi connectivity index (χ0n) is 15.6. The first-order valence-corrected chi connectivity index (χ1v) is 10.2. The summed E-state index contributed by atoms with van der Waals surface area (Å²) in [5.41, 5.74) is -0.140. The maximum absolute atomic E-state index is 12.7. The van der Waals surface area contributed by atoms with Crippen molar-refractivity contribution in [1.29, 1.82) is 0 Å². The van der Waals surface area contributed by atoms with Gasteiger partial charge in [0, 0.05) is 17.5 Å². The Bertz CT molecular complexity index is 882. The molecule has 2 unspecified atom stereocenters. The van der Waals surface area contributed by atoms with Crippen molar-refractivity contribution in [3.05, 3.63) is 52.5 Å². The van der Waals surface area contributed by atoms with E-state index >= 15 is 0 Å². The normalized spacial score (nSPS) is 22.8. The number of thiophene rings is 1. The predicted molar refractivity (Wildman–Crippen MR) is 105 cm³/mol. The van der Waals surface area contributed by atoms with E-state index in [9.17, 15) is 14.4 Å². The van der Waals surface area contributed by atoms with Gasteiger partial charge in [0.2, 0.25) is 5.91 Å². The van der Waals surface area contributed by atoms with E-state index in [1.54, 1.807) is 24.5 Å². The molecule has 0 aromatic carbocycles. The van der Waals surface area contributed by atoms with Gasteiger partial charge in [0.25, 0.3) is 5.91 Å². The monoisotopic (exact) mass is 398 g/mol. The summed E-state index contributed by atoms with van der Waals surface area (Å²) < 4.78 is 0. The molecule has 2 atom stereocenters. The molecule has 1 saturated heterocycles. The van der Waals surface area contributed by atoms with Crippen LogP contribution in [0.3, 0.4) is 0 Å². The number of aromatic nitrogens is 1. The molecule has 1 aliphatic heterocycles. The van der Waals surface area contributed by atoms with E-state index in [0.29, 0.717) is 6.42 Å². The van der Waals surface area contributed by atoms with Crippen molar-refractivity contribution in [2.24, 2.45) is 5.92 Å². The molecule has 28 heavy (non-hydrogen) atoms. The molecule has 2 aromatic heterocycles. The Kier molecular flexibility index (Phi) is 4.89. The molecule has 146 valence electrons. The third kappa shape index (κ3) is 3.64. The third-order valence-electron chi connectivity index (χ3n) is 5.36. The first-order chi connectivity index (χ1) is 13.5. The smallest absolute Gasteiger partial charge is 0.325 e. The maximum Gasteiger partial charge on any atom is 0.325 e. The van der Waals surface area contributed by atoms with Gasteiger partial charge in [-0.05, 0) is 49.3 Å². The van der Waals surface area contributed by atoms with Crippen molar-refractivity contribution in [2.45, 2.75) is 37.8 Å². The van der Waals surface area contributed by atoms with Crippen LogP contribution >= 0.6 is 11.3 Å². The summed E-state index contributed by atoms with van der Waals surface area (Å²) in [5.74, 6) is -0.532. The molecule has 2 fully saturated rings. The fourth-order valence-electron chi connectivity index (χ4n) is 3.62. The topological polar surface area (TPSA) is 91.4 Å². The number of rotatable bonds is 7. The molecular formula is C20H22N4O3S. The number of urea groups is 1. The Labute approximate surface area is 167 Å². The standard InChI is InChI=1S/C20H22N4O3S/c1-20(13-7-8-13)18(26)24(19(27)23-20)12-17(25)22-16(11-14-5-4-10-28-14)15-6-2-3-9-21-15/h2-6,9-10,13,16H,7-8,11-12H2,1H3,(H,22,25)(H,23,27). The lowest BCUT2D eigenvalue weighted by Crippen LogP contribution is -2.47. The maximum atomic E-state index is 12.7. The van der Waals surface area contributed by atoms with Crippen LogP contribution in [0.4, 0.5) is 4.79 Å². The molecule has 0 spiro atoms. The summed E-state index contributed by atoms with van der Waals surface area (Å²) in [7, 11) is 0. The van der Waals surface area contributed by atoms with E-state index in [-0.39, 0.29) is 30.3 Å². The van der Waals surface area contributed by atoms with Gasteiger partial charge in [-0.1, -0.05) is 12.1 Å². The molecule has 0 radical (unpaired) electrons. The molecule has 8 heteroatoms. The van der Waals surface area contributed by atoms with Gasteiger partial charge >= 0.3 is 6.03 Å². The Morgan fingerprint density at radius 3 is 2.82 bits per heavy atom. The molecule has 2 aromatic rings. The Morgan fingerprint density at radius 2 is 2.18 bits per heavy atom. The van der Waals surface area contributed by atoms with Gasteiger partial charge in [0.1, 0.15) is 12.1 Å². The minimum atomic E-state index is -0.880. The summed E-state index contributed by atoms with van der Waals surface area (Å²) in [4.78, 5) is 44.2. The second-order valence-corrected chi connectivity index (χ2v) is 8.49. The van der Waals surface area contributed by atoms with Crippen molar-refractivity contribution in [3.63, 3.8) is 0 Å². The minimum absolute atomic E-state index is 0.164. The van der Waals surface area contributed by atoms with E-state index in [0.717, 1.165) is 28.3 Å². The molecule has 4 rings (SSSR count). The van der Waals surface area contributed by atoms with E-state index in [1.165, 1.54) is 0 Å². The first kappa shape index (κ1) is 18.6. The summed E-state index contributed by atoms with van der Waals surface area (Å²) >= 11 is 1.61. The van der Waals surface area contributed by atoms with Crippen LogP contribution in [0.1, 0.15) is 36.4 Å². The highest BCUT2D eigenvalue weighted by atomic mass is 32.1. The van der Waals surface area contributed by atoms with Gasteiger partial charge in [-0.2, -0.15) is 0 Å². The second-order valence-electron chi connectivity index (χ2n) is 7.46. The SMILES string of the molecule is CC1(C2CC2)NC(=O)N(CC(=O)NC(Cc2cccs2)c2ccccn2)C1=O. The van der Waals surface area contributed by atoms with Gasteiger partial charge in [0.15, 0.2) is 0 Å². The van der Waals surface area contributed by atoms with Crippen molar-refractivity contribution < 1.29 is 14.4 Å². The molecule has 1 saturated carbocycles. The Morgan fingerprint density at radius 1 is 1.36 bits per heavy atom. The van der Waals surface area contributed by atoms with E-state index < -0.39 is 11.6 Å². The highest BCUT2D eigenvalue weighted by molar-refractivity contribution is 7.09. The average Bonchev–Trinajstić information content (AvgIpc) is 3.39. The third-order valence-corrected chi connectivity index (χ3v) is 6.26. The molecular weight excluding hydrogens is 376 g/mol. The Hall–Kier alpha value is -2.74. The number of nitrogens with one attached hydrogen (secondary N) is 2. The van der Waals surface area contributed by atoms with Crippen molar-refractivity contribution >= 4 is 29.2 Å². The average molecular weight is 398 g/mol. The predicted octanol–water partition coefficient (Wildman–Crippen LogP) is 2.26. The zero-order valence-corrected chi connectivity index (χ0v) is 16.4. The number of hydrogen-bond donors (Lipinski definition) is 2. The Balaban J connectivity index is 1.46. The number of nitrogens with zero attached hydrogens (tertiary/aromatic N) is 2. The van der Waals surface area contributed by atoms with Crippen molar-refractivity contribution in [3.8, 4) is 0 Å². The minimum Gasteiger partial charge on any atom is -0.346 e. The number of carbonyl (C=O) groups is 3. The summed E-state index contributed by atoms with van der Waals surface area (Å²) in [6.45, 7) is 1.46. The molecule has 2 N–H and O–H groups in total. The van der Waals surface area contributed by atoms with Crippen LogP contribution in [-0.4, -0.2) is 39.8 Å². The van der Waals surface area contributed by atoms with E-state index in [2.05, 4.69) is 15.6 Å². The molecule has 3 heterocycles. The van der Waals surface area contributed by atoms with Gasteiger partial charge in [-0.15, -0.1) is 11.3 Å². The molecule has 4 amide bonds. The largest absolute Gasteiger partial charge is 0.346 e. The van der Waals surface area contributed by atoms with Crippen molar-refractivity contribution in [2.75, 3.05) is 6.54 Å². The number of pyridine rings is 1. The molecule has 0 bridgehead atoms. The lowest BCUT2D eigenvalue weighted by molar-refractivity contribution is -0.135. The van der Waals surface area contributed by atoms with Crippen LogP contribution in [0, 0.1) is 5.92 Å². The number of carbonyl (C=O) groups excluding carboxylic acids is 3. The van der Waals surface area contributed by atoms with Crippen LogP contribution in [0.2, 0.25) is 0 Å². The number of imide groups is 1. The van der Waals surface area contributed by atoms with Crippen LogP contribution in [0.5, 0.6) is 0 Å². The van der Waals surface area contributed by atoms with Gasteiger partial charge in [-0.3, -0.25) is 19.5 Å². The van der Waals surface area contributed by atoms with Gasteiger partial charge in [0.05, 0.1) is 11.7 Å². The number of hydrogen-bond acceptors (Lipinski definition) is 5. The van der Waals surface area contributed by atoms with Crippen molar-refractivity contribution in [1.82, 2.24) is 20.5 Å². The van der Waals surface area contributed by atoms with Crippen LogP contribution in [0.15, 0.2) is 41.9 Å². The highest BCUT2D eigenvalue weighted by Crippen LogP contribution is 2.42. The fraction of sp³-hybridized carbons (Fsp3) is 0.400. The lowest BCUT2D eigenvalue weighted by Gasteiger charge is -2.22. The summed E-state index contributed by atoms with van der Waals surface area (Å²) in [6.07, 6.45) is 4.12. The van der Waals surface area contributed by atoms with Crippen LogP contribution in [-0.2, 0) is 16.0 Å². The quantitative estimate of drug-likeness (QED) is 0.700. The first-order valence-electron chi connectivity index (χ1n) is 9.34. The lowest BCUT2D eigenvalue weighted by atomic mass is 9.96. The summed E-state index contributed by atoms with van der Waals surface area (Å²) in [6, 6.07) is 8.68. The molecule has 1 aliphatic carbocycles. The second kappa shape index (κ2) is 7.35. The van der Waals surface area contributed by atoms with Crippen LogP contribution in [0.25, 0.3) is 0 Å².